The Hall–Kier alpha value is -2.41. The first-order valence-corrected chi connectivity index (χ1v) is 11.3. The van der Waals surface area contributed by atoms with Crippen LogP contribution in [0.5, 0.6) is 5.75 Å². The van der Waals surface area contributed by atoms with Crippen LogP contribution >= 0.6 is 11.3 Å². The normalized spacial score (nSPS) is 21.1. The molecule has 2 aromatic rings. The fourth-order valence-corrected chi connectivity index (χ4v) is 4.84. The maximum Gasteiger partial charge on any atom is 0.262 e. The number of anilines is 2. The van der Waals surface area contributed by atoms with Gasteiger partial charge in [-0.3, -0.25) is 9.59 Å². The molecular formula is C22H27N3O3S. The van der Waals surface area contributed by atoms with Crippen LogP contribution in [0, 0.1) is 11.8 Å². The van der Waals surface area contributed by atoms with E-state index in [1.54, 1.807) is 0 Å². The molecule has 29 heavy (non-hydrogen) atoms. The van der Waals surface area contributed by atoms with Gasteiger partial charge in [0.2, 0.25) is 5.91 Å². The summed E-state index contributed by atoms with van der Waals surface area (Å²) in [6.07, 6.45) is 8.10. The molecule has 2 amide bonds. The Morgan fingerprint density at radius 2 is 2.14 bits per heavy atom. The third kappa shape index (κ3) is 4.78. The predicted molar refractivity (Wildman–Crippen MR) is 115 cm³/mol. The topological polar surface area (TPSA) is 80.3 Å². The zero-order chi connectivity index (χ0) is 20.2. The zero-order valence-electron chi connectivity index (χ0n) is 16.7. The summed E-state index contributed by atoms with van der Waals surface area (Å²) in [7, 11) is 0. The molecule has 1 saturated carbocycles. The van der Waals surface area contributed by atoms with Gasteiger partial charge in [0.05, 0.1) is 11.4 Å². The molecule has 0 spiro atoms. The molecule has 2 heterocycles. The molecule has 0 atom stereocenters. The number of unbranched alkanes of at least 4 members (excludes halogenated alkanes) is 1. The molecule has 0 radical (unpaired) electrons. The average Bonchev–Trinajstić information content (AvgIpc) is 3.20. The van der Waals surface area contributed by atoms with E-state index in [1.165, 1.54) is 30.6 Å². The van der Waals surface area contributed by atoms with Crippen molar-refractivity contribution in [2.24, 2.45) is 11.8 Å². The Balaban J connectivity index is 1.36. The van der Waals surface area contributed by atoms with Gasteiger partial charge >= 0.3 is 0 Å². The van der Waals surface area contributed by atoms with E-state index in [1.807, 2.05) is 23.6 Å². The number of amides is 2. The van der Waals surface area contributed by atoms with E-state index in [4.69, 9.17) is 4.74 Å². The molecule has 1 aromatic heterocycles. The van der Waals surface area contributed by atoms with Crippen LogP contribution in [0.4, 0.5) is 10.8 Å². The number of carbonyl (C=O) groups excluding carboxylic acids is 2. The number of aromatic nitrogens is 1. The predicted octanol–water partition coefficient (Wildman–Crippen LogP) is 5.08. The Morgan fingerprint density at radius 3 is 2.93 bits per heavy atom. The second-order valence-electron chi connectivity index (χ2n) is 7.93. The SMILES string of the molecule is CCCCC1CCC(C(=O)Nc2nc(-c3ccc4c(c3)NC(=O)CO4)cs2)CC1. The summed E-state index contributed by atoms with van der Waals surface area (Å²) in [6.45, 7) is 2.27. The van der Waals surface area contributed by atoms with Crippen LogP contribution in [-0.4, -0.2) is 23.4 Å². The standard InChI is InChI=1S/C22H27N3O3S/c1-2-3-4-14-5-7-15(8-6-14)21(27)25-22-24-18(13-29-22)16-9-10-19-17(11-16)23-20(26)12-28-19/h9-11,13-15H,2-8,12H2,1H3,(H,23,26)(H,24,25,27). The van der Waals surface area contributed by atoms with Gasteiger partial charge in [-0.1, -0.05) is 26.2 Å². The number of thiazole rings is 1. The van der Waals surface area contributed by atoms with E-state index >= 15 is 0 Å². The van der Waals surface area contributed by atoms with Crippen LogP contribution in [0.15, 0.2) is 23.6 Å². The van der Waals surface area contributed by atoms with Gasteiger partial charge in [0.1, 0.15) is 5.75 Å². The maximum absolute atomic E-state index is 12.7. The minimum Gasteiger partial charge on any atom is -0.482 e. The van der Waals surface area contributed by atoms with Crippen LogP contribution < -0.4 is 15.4 Å². The van der Waals surface area contributed by atoms with Crippen molar-refractivity contribution in [3.8, 4) is 17.0 Å². The van der Waals surface area contributed by atoms with Crippen molar-refractivity contribution >= 4 is 34.0 Å². The average molecular weight is 414 g/mol. The number of ether oxygens (including phenoxy) is 1. The van der Waals surface area contributed by atoms with Crippen molar-refractivity contribution in [1.29, 1.82) is 0 Å². The number of hydrogen-bond donors (Lipinski definition) is 2. The van der Waals surface area contributed by atoms with Crippen molar-refractivity contribution in [3.05, 3.63) is 23.6 Å². The Labute approximate surface area is 175 Å². The molecular weight excluding hydrogens is 386 g/mol. The second kappa shape index (κ2) is 8.95. The summed E-state index contributed by atoms with van der Waals surface area (Å²) in [5, 5.41) is 8.36. The highest BCUT2D eigenvalue weighted by Gasteiger charge is 2.26. The van der Waals surface area contributed by atoms with Crippen LogP contribution in [0.2, 0.25) is 0 Å². The van der Waals surface area contributed by atoms with E-state index in [0.29, 0.717) is 16.6 Å². The molecule has 2 aliphatic rings. The van der Waals surface area contributed by atoms with Crippen molar-refractivity contribution in [1.82, 2.24) is 4.98 Å². The minimum atomic E-state index is -0.162. The highest BCUT2D eigenvalue weighted by Crippen LogP contribution is 2.35. The third-order valence-electron chi connectivity index (χ3n) is 5.83. The van der Waals surface area contributed by atoms with E-state index < -0.39 is 0 Å². The van der Waals surface area contributed by atoms with E-state index in [2.05, 4.69) is 22.5 Å². The van der Waals surface area contributed by atoms with Crippen LogP contribution in [0.1, 0.15) is 51.9 Å². The van der Waals surface area contributed by atoms with Crippen LogP contribution in [-0.2, 0) is 9.59 Å². The summed E-state index contributed by atoms with van der Waals surface area (Å²) in [5.74, 6) is 1.47. The molecule has 6 nitrogen and oxygen atoms in total. The third-order valence-corrected chi connectivity index (χ3v) is 6.58. The highest BCUT2D eigenvalue weighted by atomic mass is 32.1. The number of carbonyl (C=O) groups is 2. The molecule has 2 N–H and O–H groups in total. The van der Waals surface area contributed by atoms with Crippen molar-refractivity contribution in [2.45, 2.75) is 51.9 Å². The Bertz CT molecular complexity index is 887. The van der Waals surface area contributed by atoms with Crippen LogP contribution in [0.3, 0.4) is 0 Å². The van der Waals surface area contributed by atoms with Gasteiger partial charge in [0.25, 0.3) is 5.91 Å². The molecule has 1 fully saturated rings. The van der Waals surface area contributed by atoms with E-state index in [9.17, 15) is 9.59 Å². The number of hydrogen-bond acceptors (Lipinski definition) is 5. The summed E-state index contributed by atoms with van der Waals surface area (Å²) in [4.78, 5) is 28.7. The lowest BCUT2D eigenvalue weighted by Crippen LogP contribution is -2.27. The molecule has 1 aliphatic carbocycles. The lowest BCUT2D eigenvalue weighted by atomic mass is 9.79. The maximum atomic E-state index is 12.7. The molecule has 1 aliphatic heterocycles. The number of nitrogens with one attached hydrogen (secondary N) is 2. The van der Waals surface area contributed by atoms with Crippen molar-refractivity contribution in [3.63, 3.8) is 0 Å². The van der Waals surface area contributed by atoms with E-state index in [0.717, 1.165) is 42.9 Å². The Morgan fingerprint density at radius 1 is 1.31 bits per heavy atom. The summed E-state index contributed by atoms with van der Waals surface area (Å²) < 4.78 is 5.39. The summed E-state index contributed by atoms with van der Waals surface area (Å²) in [5.41, 5.74) is 2.30. The summed E-state index contributed by atoms with van der Waals surface area (Å²) in [6, 6.07) is 5.60. The smallest absolute Gasteiger partial charge is 0.262 e. The highest BCUT2D eigenvalue weighted by molar-refractivity contribution is 7.14. The lowest BCUT2D eigenvalue weighted by molar-refractivity contribution is -0.121. The Kier molecular flexibility index (Phi) is 6.13. The van der Waals surface area contributed by atoms with Gasteiger partial charge < -0.3 is 15.4 Å². The molecule has 0 saturated heterocycles. The van der Waals surface area contributed by atoms with Crippen molar-refractivity contribution < 1.29 is 14.3 Å². The monoisotopic (exact) mass is 413 g/mol. The van der Waals surface area contributed by atoms with Gasteiger partial charge in [-0.15, -0.1) is 11.3 Å². The molecule has 4 rings (SSSR count). The number of benzene rings is 1. The van der Waals surface area contributed by atoms with Crippen LogP contribution in [0.25, 0.3) is 11.3 Å². The quantitative estimate of drug-likeness (QED) is 0.692. The number of nitrogens with zero attached hydrogens (tertiary/aromatic N) is 1. The lowest BCUT2D eigenvalue weighted by Gasteiger charge is -2.27. The zero-order valence-corrected chi connectivity index (χ0v) is 17.5. The minimum absolute atomic E-state index is 0.0414. The largest absolute Gasteiger partial charge is 0.482 e. The summed E-state index contributed by atoms with van der Waals surface area (Å²) >= 11 is 1.42. The molecule has 0 unspecified atom stereocenters. The van der Waals surface area contributed by atoms with Gasteiger partial charge in [-0.05, 0) is 49.8 Å². The van der Waals surface area contributed by atoms with Crippen molar-refractivity contribution in [2.75, 3.05) is 17.2 Å². The number of fused-ring (bicyclic) bond motifs is 1. The fraction of sp³-hybridized carbons (Fsp3) is 0.500. The van der Waals surface area contributed by atoms with Gasteiger partial charge in [-0.25, -0.2) is 4.98 Å². The fourth-order valence-electron chi connectivity index (χ4n) is 4.12. The van der Waals surface area contributed by atoms with Gasteiger partial charge in [0.15, 0.2) is 11.7 Å². The molecule has 0 bridgehead atoms. The first-order valence-electron chi connectivity index (χ1n) is 10.5. The number of rotatable bonds is 6. The first kappa shape index (κ1) is 19.9. The molecule has 7 heteroatoms. The van der Waals surface area contributed by atoms with E-state index in [-0.39, 0.29) is 24.3 Å². The second-order valence-corrected chi connectivity index (χ2v) is 8.79. The first-order chi connectivity index (χ1) is 14.1. The molecule has 1 aromatic carbocycles. The van der Waals surface area contributed by atoms with Gasteiger partial charge in [0, 0.05) is 16.9 Å². The molecule has 154 valence electrons. The van der Waals surface area contributed by atoms with Gasteiger partial charge in [-0.2, -0.15) is 0 Å².